The fourth-order valence-electron chi connectivity index (χ4n) is 2.39. The van der Waals surface area contributed by atoms with E-state index in [-0.39, 0.29) is 11.9 Å². The minimum Gasteiger partial charge on any atom is -0.465 e. The summed E-state index contributed by atoms with van der Waals surface area (Å²) in [4.78, 5) is 11.6. The zero-order chi connectivity index (χ0) is 9.97. The van der Waals surface area contributed by atoms with Gasteiger partial charge in [0.1, 0.15) is 0 Å². The summed E-state index contributed by atoms with van der Waals surface area (Å²) >= 11 is 3.31. The van der Waals surface area contributed by atoms with Crippen molar-refractivity contribution >= 4 is 21.9 Å². The van der Waals surface area contributed by atoms with E-state index in [9.17, 15) is 4.79 Å². The molecule has 0 aromatic carbocycles. The van der Waals surface area contributed by atoms with Crippen molar-refractivity contribution < 1.29 is 9.53 Å². The van der Waals surface area contributed by atoms with Crippen molar-refractivity contribution in [3.8, 4) is 0 Å². The van der Waals surface area contributed by atoms with Crippen LogP contribution in [0.25, 0.3) is 0 Å². The third kappa shape index (κ3) is 2.02. The van der Waals surface area contributed by atoms with Gasteiger partial charge in [0.2, 0.25) is 0 Å². The monoisotopic (exact) mass is 258 g/mol. The minimum atomic E-state index is 0.0165. The number of carbonyl (C=O) groups is 1. The van der Waals surface area contributed by atoms with E-state index in [1.807, 2.05) is 0 Å². The molecule has 3 atom stereocenters. The lowest BCUT2D eigenvalue weighted by Crippen LogP contribution is -2.22. The van der Waals surface area contributed by atoms with E-state index in [0.29, 0.717) is 18.4 Å². The lowest BCUT2D eigenvalue weighted by atomic mass is 9.94. The molecule has 3 heteroatoms. The second-order valence-corrected chi connectivity index (χ2v) is 4.89. The van der Waals surface area contributed by atoms with Gasteiger partial charge in [0.15, 0.2) is 0 Å². The molecule has 78 valence electrons. The number of alkyl halides is 1. The number of hydrogen-bond donors (Lipinski definition) is 0. The Morgan fingerprint density at radius 3 is 2.86 bits per heavy atom. The van der Waals surface area contributed by atoms with Crippen LogP contribution in [0, 0.1) is 17.8 Å². The summed E-state index contributed by atoms with van der Waals surface area (Å²) in [5.74, 6) is 1.29. The second-order valence-electron chi connectivity index (χ2n) is 4.10. The Labute approximate surface area is 92.8 Å². The van der Waals surface area contributed by atoms with E-state index in [1.54, 1.807) is 0 Å². The number of fused-ring (bicyclic) bond motifs is 2. The van der Waals surface area contributed by atoms with E-state index < -0.39 is 0 Å². The van der Waals surface area contributed by atoms with Crippen LogP contribution in [0.4, 0.5) is 0 Å². The van der Waals surface area contributed by atoms with Crippen molar-refractivity contribution in [1.82, 2.24) is 0 Å². The average molecular weight is 259 g/mol. The van der Waals surface area contributed by atoms with Gasteiger partial charge >= 0.3 is 5.97 Å². The van der Waals surface area contributed by atoms with E-state index >= 15 is 0 Å². The number of esters is 1. The van der Waals surface area contributed by atoms with E-state index in [4.69, 9.17) is 4.74 Å². The van der Waals surface area contributed by atoms with Crippen LogP contribution in [0.1, 0.15) is 19.3 Å². The fourth-order valence-corrected chi connectivity index (χ4v) is 2.62. The summed E-state index contributed by atoms with van der Waals surface area (Å²) in [7, 11) is 0. The molecular weight excluding hydrogens is 244 g/mol. The second kappa shape index (κ2) is 4.47. The smallest absolute Gasteiger partial charge is 0.309 e. The largest absolute Gasteiger partial charge is 0.465 e. The first kappa shape index (κ1) is 10.2. The SMILES string of the molecule is O=C(OCCCBr)C1CC2C=CC1C2. The van der Waals surface area contributed by atoms with Crippen LogP contribution in [0.15, 0.2) is 12.2 Å². The van der Waals surface area contributed by atoms with Gasteiger partial charge in [-0.3, -0.25) is 4.79 Å². The van der Waals surface area contributed by atoms with Crippen molar-refractivity contribution in [2.45, 2.75) is 19.3 Å². The molecule has 0 amide bonds. The standard InChI is InChI=1S/C11H15BrO2/c12-4-1-5-14-11(13)10-7-8-2-3-9(10)6-8/h2-3,8-10H,1,4-7H2. The first-order valence-electron chi connectivity index (χ1n) is 5.22. The van der Waals surface area contributed by atoms with E-state index in [2.05, 4.69) is 28.1 Å². The van der Waals surface area contributed by atoms with Crippen LogP contribution >= 0.6 is 15.9 Å². The molecule has 2 bridgehead atoms. The molecule has 1 saturated carbocycles. The average Bonchev–Trinajstić information content (AvgIpc) is 2.79. The van der Waals surface area contributed by atoms with E-state index in [0.717, 1.165) is 24.6 Å². The van der Waals surface area contributed by atoms with Gasteiger partial charge in [0.25, 0.3) is 0 Å². The van der Waals surface area contributed by atoms with Crippen LogP contribution in [-0.4, -0.2) is 17.9 Å². The Bertz CT molecular complexity index is 250. The molecule has 0 spiro atoms. The molecule has 2 aliphatic carbocycles. The van der Waals surface area contributed by atoms with Crippen LogP contribution in [0.5, 0.6) is 0 Å². The van der Waals surface area contributed by atoms with Gasteiger partial charge in [-0.05, 0) is 31.1 Å². The zero-order valence-corrected chi connectivity index (χ0v) is 9.70. The number of carbonyl (C=O) groups excluding carboxylic acids is 1. The maximum atomic E-state index is 11.6. The highest BCUT2D eigenvalue weighted by atomic mass is 79.9. The summed E-state index contributed by atoms with van der Waals surface area (Å²) in [5, 5.41) is 0.900. The van der Waals surface area contributed by atoms with Gasteiger partial charge in [0.05, 0.1) is 12.5 Å². The van der Waals surface area contributed by atoms with Crippen molar-refractivity contribution in [3.05, 3.63) is 12.2 Å². The summed E-state index contributed by atoms with van der Waals surface area (Å²) in [6.45, 7) is 0.557. The van der Waals surface area contributed by atoms with Gasteiger partial charge in [-0.2, -0.15) is 0 Å². The van der Waals surface area contributed by atoms with Crippen molar-refractivity contribution in [3.63, 3.8) is 0 Å². The van der Waals surface area contributed by atoms with Gasteiger partial charge in [-0.15, -0.1) is 0 Å². The van der Waals surface area contributed by atoms with Crippen LogP contribution < -0.4 is 0 Å². The van der Waals surface area contributed by atoms with Crippen molar-refractivity contribution in [2.24, 2.45) is 17.8 Å². The highest BCUT2D eigenvalue weighted by Gasteiger charge is 2.40. The molecule has 0 heterocycles. The molecule has 0 radical (unpaired) electrons. The number of rotatable bonds is 4. The van der Waals surface area contributed by atoms with Crippen molar-refractivity contribution in [2.75, 3.05) is 11.9 Å². The third-order valence-electron chi connectivity index (χ3n) is 3.10. The molecule has 2 rings (SSSR count). The maximum absolute atomic E-state index is 11.6. The van der Waals surface area contributed by atoms with Crippen molar-refractivity contribution in [1.29, 1.82) is 0 Å². The summed E-state index contributed by atoms with van der Waals surface area (Å²) in [6, 6.07) is 0. The number of allylic oxidation sites excluding steroid dienone is 2. The third-order valence-corrected chi connectivity index (χ3v) is 3.66. The van der Waals surface area contributed by atoms with Gasteiger partial charge < -0.3 is 4.74 Å². The molecule has 2 nitrogen and oxygen atoms in total. The summed E-state index contributed by atoms with van der Waals surface area (Å²) in [6.07, 6.45) is 7.51. The van der Waals surface area contributed by atoms with Gasteiger partial charge in [-0.1, -0.05) is 28.1 Å². The molecular formula is C11H15BrO2. The minimum absolute atomic E-state index is 0.0165. The quantitative estimate of drug-likeness (QED) is 0.335. The lowest BCUT2D eigenvalue weighted by molar-refractivity contribution is -0.149. The predicted molar refractivity (Wildman–Crippen MR) is 58.2 cm³/mol. The molecule has 0 aliphatic heterocycles. The number of halogens is 1. The Balaban J connectivity index is 1.79. The molecule has 0 aromatic rings. The Morgan fingerprint density at radius 1 is 1.43 bits per heavy atom. The highest BCUT2D eigenvalue weighted by molar-refractivity contribution is 9.09. The molecule has 2 aliphatic rings. The lowest BCUT2D eigenvalue weighted by Gasteiger charge is -2.16. The maximum Gasteiger partial charge on any atom is 0.309 e. The number of hydrogen-bond acceptors (Lipinski definition) is 2. The summed E-state index contributed by atoms with van der Waals surface area (Å²) in [5.41, 5.74) is 0. The first-order chi connectivity index (χ1) is 6.81. The molecule has 3 unspecified atom stereocenters. The van der Waals surface area contributed by atoms with Crippen LogP contribution in [0.2, 0.25) is 0 Å². The Morgan fingerprint density at radius 2 is 2.29 bits per heavy atom. The normalized spacial score (nSPS) is 33.6. The Kier molecular flexibility index (Phi) is 3.26. The summed E-state index contributed by atoms with van der Waals surface area (Å²) < 4.78 is 5.22. The molecule has 14 heavy (non-hydrogen) atoms. The molecule has 0 saturated heterocycles. The zero-order valence-electron chi connectivity index (χ0n) is 8.12. The highest BCUT2D eigenvalue weighted by Crippen LogP contribution is 2.43. The number of ether oxygens (including phenoxy) is 1. The van der Waals surface area contributed by atoms with Gasteiger partial charge in [-0.25, -0.2) is 0 Å². The van der Waals surface area contributed by atoms with E-state index in [1.165, 1.54) is 0 Å². The first-order valence-corrected chi connectivity index (χ1v) is 6.34. The topological polar surface area (TPSA) is 26.3 Å². The fraction of sp³-hybridized carbons (Fsp3) is 0.727. The predicted octanol–water partition coefficient (Wildman–Crippen LogP) is 2.53. The van der Waals surface area contributed by atoms with Crippen LogP contribution in [-0.2, 0) is 9.53 Å². The molecule has 0 aromatic heterocycles. The molecule has 0 N–H and O–H groups in total. The van der Waals surface area contributed by atoms with Crippen LogP contribution in [0.3, 0.4) is 0 Å². The Hall–Kier alpha value is -0.310. The molecule has 1 fully saturated rings. The van der Waals surface area contributed by atoms with Gasteiger partial charge in [0, 0.05) is 5.33 Å².